The Morgan fingerprint density at radius 3 is 2.60 bits per heavy atom. The molecule has 0 saturated heterocycles. The number of fused-ring (bicyclic) bond motifs is 3. The van der Waals surface area contributed by atoms with Crippen molar-refractivity contribution in [1.29, 1.82) is 0 Å². The average molecular weight is 345 g/mol. The predicted octanol–water partition coefficient (Wildman–Crippen LogP) is 4.09. The Kier molecular flexibility index (Phi) is 3.80. The topological polar surface area (TPSA) is 21.1 Å². The molecule has 2 aromatic heterocycles. The van der Waals surface area contributed by atoms with E-state index in [4.69, 9.17) is 0 Å². The van der Waals surface area contributed by atoms with E-state index < -0.39 is 11.7 Å². The van der Waals surface area contributed by atoms with E-state index in [0.29, 0.717) is 18.5 Å². The van der Waals surface area contributed by atoms with Crippen LogP contribution in [0.4, 0.5) is 13.2 Å². The molecule has 4 rings (SSSR count). The van der Waals surface area contributed by atoms with Crippen LogP contribution in [0.25, 0.3) is 10.9 Å². The highest BCUT2D eigenvalue weighted by molar-refractivity contribution is 5.86. The Hall–Kier alpha value is -2.34. The van der Waals surface area contributed by atoms with Crippen molar-refractivity contribution in [2.45, 2.75) is 25.7 Å². The minimum absolute atomic E-state index is 0.586. The Bertz CT molecular complexity index is 913. The number of rotatable bonds is 2. The molecule has 0 saturated carbocycles. The van der Waals surface area contributed by atoms with E-state index in [2.05, 4.69) is 14.5 Å². The number of likely N-dealkylation sites (N-methyl/N-ethyl adjacent to an activating group) is 1. The Morgan fingerprint density at radius 1 is 1.12 bits per heavy atom. The van der Waals surface area contributed by atoms with Crippen molar-refractivity contribution in [3.05, 3.63) is 65.1 Å². The Balaban J connectivity index is 1.90. The molecule has 1 aliphatic heterocycles. The summed E-state index contributed by atoms with van der Waals surface area (Å²) in [5, 5.41) is 0.713. The summed E-state index contributed by atoms with van der Waals surface area (Å²) in [7, 11) is 2.00. The first kappa shape index (κ1) is 16.1. The van der Waals surface area contributed by atoms with Gasteiger partial charge < -0.3 is 9.47 Å². The number of benzene rings is 1. The number of halogens is 3. The highest BCUT2D eigenvalue weighted by Gasteiger charge is 2.32. The van der Waals surface area contributed by atoms with E-state index >= 15 is 0 Å². The number of hydrogen-bond donors (Lipinski definition) is 0. The fraction of sp³-hybridized carbons (Fsp3) is 0.316. The zero-order valence-electron chi connectivity index (χ0n) is 13.8. The highest BCUT2D eigenvalue weighted by atomic mass is 19.4. The van der Waals surface area contributed by atoms with Crippen molar-refractivity contribution >= 4 is 10.9 Å². The van der Waals surface area contributed by atoms with Gasteiger partial charge in [-0.1, -0.05) is 0 Å². The van der Waals surface area contributed by atoms with E-state index in [1.807, 2.05) is 19.2 Å². The minimum Gasteiger partial charge on any atom is -0.340 e. The lowest BCUT2D eigenvalue weighted by Crippen LogP contribution is -2.27. The summed E-state index contributed by atoms with van der Waals surface area (Å²) in [5.41, 5.74) is 3.53. The van der Waals surface area contributed by atoms with Crippen molar-refractivity contribution in [3.8, 4) is 0 Å². The van der Waals surface area contributed by atoms with Gasteiger partial charge in [-0.3, -0.25) is 4.98 Å². The summed E-state index contributed by atoms with van der Waals surface area (Å²) >= 11 is 0. The monoisotopic (exact) mass is 345 g/mol. The second-order valence-corrected chi connectivity index (χ2v) is 6.58. The van der Waals surface area contributed by atoms with Crippen molar-refractivity contribution in [2.75, 3.05) is 13.6 Å². The van der Waals surface area contributed by atoms with Crippen LogP contribution in [0.3, 0.4) is 0 Å². The highest BCUT2D eigenvalue weighted by Crippen LogP contribution is 2.36. The van der Waals surface area contributed by atoms with Crippen LogP contribution >= 0.6 is 0 Å². The first-order chi connectivity index (χ1) is 11.9. The zero-order chi connectivity index (χ0) is 17.6. The van der Waals surface area contributed by atoms with Crippen LogP contribution in [0.1, 0.15) is 22.4 Å². The largest absolute Gasteiger partial charge is 0.416 e. The first-order valence-electron chi connectivity index (χ1n) is 8.22. The molecule has 0 fully saturated rings. The van der Waals surface area contributed by atoms with E-state index in [-0.39, 0.29) is 0 Å². The second-order valence-electron chi connectivity index (χ2n) is 6.58. The Labute approximate surface area is 143 Å². The van der Waals surface area contributed by atoms with Gasteiger partial charge in [-0.05, 0) is 48.5 Å². The zero-order valence-corrected chi connectivity index (χ0v) is 13.8. The van der Waals surface area contributed by atoms with Crippen LogP contribution in [-0.2, 0) is 25.7 Å². The van der Waals surface area contributed by atoms with Gasteiger partial charge in [0.2, 0.25) is 0 Å². The third-order valence-corrected chi connectivity index (χ3v) is 4.86. The van der Waals surface area contributed by atoms with E-state index in [0.717, 1.165) is 35.3 Å². The maximum absolute atomic E-state index is 13.2. The van der Waals surface area contributed by atoms with Crippen molar-refractivity contribution in [3.63, 3.8) is 0 Å². The van der Waals surface area contributed by atoms with Gasteiger partial charge in [0.15, 0.2) is 0 Å². The van der Waals surface area contributed by atoms with Gasteiger partial charge in [0.25, 0.3) is 0 Å². The summed E-state index contributed by atoms with van der Waals surface area (Å²) < 4.78 is 41.6. The van der Waals surface area contributed by atoms with Gasteiger partial charge in [0.1, 0.15) is 0 Å². The summed E-state index contributed by atoms with van der Waals surface area (Å²) in [6.45, 7) is 2.23. The number of hydrogen-bond acceptors (Lipinski definition) is 2. The quantitative estimate of drug-likeness (QED) is 0.697. The van der Waals surface area contributed by atoms with Gasteiger partial charge in [-0.25, -0.2) is 0 Å². The average Bonchev–Trinajstić information content (AvgIpc) is 2.88. The van der Waals surface area contributed by atoms with Gasteiger partial charge in [-0.15, -0.1) is 0 Å². The lowest BCUT2D eigenvalue weighted by atomic mass is 10.0. The van der Waals surface area contributed by atoms with Gasteiger partial charge in [-0.2, -0.15) is 13.2 Å². The molecule has 0 bridgehead atoms. The SMILES string of the molecule is CN1CCc2c(c3cc(C(F)(F)F)ccc3n2Cc2ccncc2)C1. The molecule has 0 aliphatic carbocycles. The molecule has 3 nitrogen and oxygen atoms in total. The summed E-state index contributed by atoms with van der Waals surface area (Å²) in [5.74, 6) is 0. The normalized spacial score (nSPS) is 15.5. The number of aromatic nitrogens is 2. The van der Waals surface area contributed by atoms with Gasteiger partial charge in [0.05, 0.1) is 5.56 Å². The van der Waals surface area contributed by atoms with Crippen LogP contribution in [0, 0.1) is 0 Å². The van der Waals surface area contributed by atoms with Crippen LogP contribution < -0.4 is 0 Å². The molecule has 3 aromatic rings. The summed E-state index contributed by atoms with van der Waals surface area (Å²) in [6.07, 6.45) is -0.00615. The molecule has 130 valence electrons. The fourth-order valence-electron chi connectivity index (χ4n) is 3.61. The lowest BCUT2D eigenvalue weighted by Gasteiger charge is -2.24. The molecule has 1 aromatic carbocycles. The molecule has 0 radical (unpaired) electrons. The molecule has 6 heteroatoms. The van der Waals surface area contributed by atoms with Crippen molar-refractivity contribution in [1.82, 2.24) is 14.5 Å². The molecule has 0 unspecified atom stereocenters. The minimum atomic E-state index is -4.32. The van der Waals surface area contributed by atoms with Crippen LogP contribution in [0.5, 0.6) is 0 Å². The van der Waals surface area contributed by atoms with E-state index in [9.17, 15) is 13.2 Å². The summed E-state index contributed by atoms with van der Waals surface area (Å²) in [6, 6.07) is 7.98. The van der Waals surface area contributed by atoms with Crippen LogP contribution in [0.15, 0.2) is 42.7 Å². The first-order valence-corrected chi connectivity index (χ1v) is 8.22. The molecule has 0 N–H and O–H groups in total. The lowest BCUT2D eigenvalue weighted by molar-refractivity contribution is -0.137. The van der Waals surface area contributed by atoms with Crippen molar-refractivity contribution < 1.29 is 13.2 Å². The number of pyridine rings is 1. The third-order valence-electron chi connectivity index (χ3n) is 4.86. The van der Waals surface area contributed by atoms with Crippen molar-refractivity contribution in [2.24, 2.45) is 0 Å². The maximum Gasteiger partial charge on any atom is 0.416 e. The van der Waals surface area contributed by atoms with Crippen LogP contribution in [0.2, 0.25) is 0 Å². The second kappa shape index (κ2) is 5.88. The molecular formula is C19H18F3N3. The van der Waals surface area contributed by atoms with E-state index in [1.165, 1.54) is 12.1 Å². The number of nitrogens with zero attached hydrogens (tertiary/aromatic N) is 3. The maximum atomic E-state index is 13.2. The van der Waals surface area contributed by atoms with Gasteiger partial charge in [0, 0.05) is 55.0 Å². The molecular weight excluding hydrogens is 327 g/mol. The molecule has 0 amide bonds. The summed E-state index contributed by atoms with van der Waals surface area (Å²) in [4.78, 5) is 6.18. The smallest absolute Gasteiger partial charge is 0.340 e. The standard InChI is InChI=1S/C19H18F3N3/c1-24-9-6-18-16(12-24)15-10-14(19(20,21)22)2-3-17(15)25(18)11-13-4-7-23-8-5-13/h2-5,7-8,10H,6,9,11-12H2,1H3. The third kappa shape index (κ3) is 2.91. The molecule has 1 aliphatic rings. The molecule has 3 heterocycles. The van der Waals surface area contributed by atoms with Gasteiger partial charge >= 0.3 is 6.18 Å². The Morgan fingerprint density at radius 2 is 1.88 bits per heavy atom. The predicted molar refractivity (Wildman–Crippen MR) is 90.3 cm³/mol. The molecule has 25 heavy (non-hydrogen) atoms. The van der Waals surface area contributed by atoms with Crippen LogP contribution in [-0.4, -0.2) is 28.0 Å². The van der Waals surface area contributed by atoms with E-state index in [1.54, 1.807) is 18.5 Å². The molecule has 0 spiro atoms. The number of alkyl halides is 3. The fourth-order valence-corrected chi connectivity index (χ4v) is 3.61. The molecule has 0 atom stereocenters.